The van der Waals surface area contributed by atoms with Crippen LogP contribution in [0.1, 0.15) is 10.4 Å². The summed E-state index contributed by atoms with van der Waals surface area (Å²) in [7, 11) is 3.05. The Morgan fingerprint density at radius 1 is 0.941 bits per heavy atom. The van der Waals surface area contributed by atoms with E-state index in [9.17, 15) is 9.59 Å². The van der Waals surface area contributed by atoms with Gasteiger partial charge in [-0.1, -0.05) is 18.2 Å². The zero-order valence-corrected chi connectivity index (χ0v) is 19.8. The van der Waals surface area contributed by atoms with Crippen molar-refractivity contribution in [1.29, 1.82) is 0 Å². The molecule has 176 valence electrons. The molecule has 0 bridgehead atoms. The fourth-order valence-corrected chi connectivity index (χ4v) is 3.73. The molecule has 0 aliphatic heterocycles. The molecule has 0 aliphatic carbocycles. The molecule has 2 amide bonds. The number of anilines is 2. The van der Waals surface area contributed by atoms with Crippen LogP contribution in [-0.2, 0) is 4.79 Å². The number of ether oxygens (including phenoxy) is 3. The summed E-state index contributed by atoms with van der Waals surface area (Å²) in [5.74, 6) is 1.52. The van der Waals surface area contributed by atoms with Crippen LogP contribution in [0.4, 0.5) is 11.4 Å². The second kappa shape index (κ2) is 12.4. The van der Waals surface area contributed by atoms with Gasteiger partial charge in [0.15, 0.2) is 18.1 Å². The Balaban J connectivity index is 1.63. The van der Waals surface area contributed by atoms with Crippen molar-refractivity contribution >= 4 is 35.0 Å². The highest BCUT2D eigenvalue weighted by molar-refractivity contribution is 7.99. The van der Waals surface area contributed by atoms with Crippen molar-refractivity contribution in [2.75, 3.05) is 37.2 Å². The zero-order valence-electron chi connectivity index (χ0n) is 19.0. The first-order chi connectivity index (χ1) is 16.5. The first kappa shape index (κ1) is 24.7. The van der Waals surface area contributed by atoms with E-state index in [0.29, 0.717) is 34.2 Å². The van der Waals surface area contributed by atoms with E-state index in [2.05, 4.69) is 17.2 Å². The average molecular weight is 479 g/mol. The summed E-state index contributed by atoms with van der Waals surface area (Å²) in [6, 6.07) is 19.3. The number of hydrogen-bond donors (Lipinski definition) is 2. The third-order valence-corrected chi connectivity index (χ3v) is 5.72. The van der Waals surface area contributed by atoms with Crippen molar-refractivity contribution in [3.8, 4) is 17.2 Å². The van der Waals surface area contributed by atoms with Gasteiger partial charge in [-0.2, -0.15) is 0 Å². The lowest BCUT2D eigenvalue weighted by Gasteiger charge is -2.13. The highest BCUT2D eigenvalue weighted by Gasteiger charge is 2.14. The smallest absolute Gasteiger partial charge is 0.262 e. The molecule has 3 rings (SSSR count). The van der Waals surface area contributed by atoms with Crippen molar-refractivity contribution in [3.05, 3.63) is 84.9 Å². The van der Waals surface area contributed by atoms with Gasteiger partial charge in [-0.15, -0.1) is 18.3 Å². The lowest BCUT2D eigenvalue weighted by molar-refractivity contribution is -0.118. The molecule has 0 spiro atoms. The van der Waals surface area contributed by atoms with Crippen molar-refractivity contribution in [1.82, 2.24) is 0 Å². The molecule has 0 saturated heterocycles. The molecule has 7 nitrogen and oxygen atoms in total. The number of carbonyl (C=O) groups is 2. The molecule has 34 heavy (non-hydrogen) atoms. The summed E-state index contributed by atoms with van der Waals surface area (Å²) in [5, 5.41) is 5.67. The first-order valence-electron chi connectivity index (χ1n) is 10.4. The lowest BCUT2D eigenvalue weighted by Crippen LogP contribution is -2.20. The van der Waals surface area contributed by atoms with E-state index < -0.39 is 0 Å². The molecular formula is C26H26N2O5S. The molecule has 3 aromatic carbocycles. The minimum absolute atomic E-state index is 0.220. The molecule has 0 heterocycles. The van der Waals surface area contributed by atoms with Gasteiger partial charge in [0.1, 0.15) is 5.75 Å². The van der Waals surface area contributed by atoms with E-state index in [4.69, 9.17) is 14.2 Å². The fraction of sp³-hybridized carbons (Fsp3) is 0.154. The normalized spacial score (nSPS) is 10.2. The zero-order chi connectivity index (χ0) is 24.3. The monoisotopic (exact) mass is 478 g/mol. The van der Waals surface area contributed by atoms with Crippen molar-refractivity contribution < 1.29 is 23.8 Å². The van der Waals surface area contributed by atoms with E-state index in [0.717, 1.165) is 10.6 Å². The van der Waals surface area contributed by atoms with Crippen LogP contribution in [0, 0.1) is 0 Å². The number of hydrogen-bond acceptors (Lipinski definition) is 6. The van der Waals surface area contributed by atoms with Crippen LogP contribution in [0.3, 0.4) is 0 Å². The molecule has 0 saturated carbocycles. The summed E-state index contributed by atoms with van der Waals surface area (Å²) in [4.78, 5) is 26.0. The Morgan fingerprint density at radius 2 is 1.71 bits per heavy atom. The Bertz CT molecular complexity index is 1150. The number of carbonyl (C=O) groups excluding carboxylic acids is 2. The molecule has 0 aromatic heterocycles. The van der Waals surface area contributed by atoms with Gasteiger partial charge in [0, 0.05) is 21.9 Å². The van der Waals surface area contributed by atoms with E-state index in [1.165, 1.54) is 7.11 Å². The van der Waals surface area contributed by atoms with Crippen LogP contribution in [-0.4, -0.2) is 38.4 Å². The predicted molar refractivity (Wildman–Crippen MR) is 135 cm³/mol. The molecule has 8 heteroatoms. The van der Waals surface area contributed by atoms with Crippen LogP contribution in [0.5, 0.6) is 17.2 Å². The number of rotatable bonds is 11. The van der Waals surface area contributed by atoms with Gasteiger partial charge >= 0.3 is 0 Å². The Kier molecular flexibility index (Phi) is 8.99. The number of para-hydroxylation sites is 1. The van der Waals surface area contributed by atoms with Gasteiger partial charge in [0.2, 0.25) is 0 Å². The SMILES string of the molecule is C=CCSc1ccccc1NC(=O)c1ccc(OCC(=O)Nc2ccc(OC)cc2)c(OC)c1. The number of benzene rings is 3. The van der Waals surface area contributed by atoms with E-state index in [1.807, 2.05) is 30.3 Å². The van der Waals surface area contributed by atoms with Gasteiger partial charge in [-0.05, 0) is 54.6 Å². The molecular weight excluding hydrogens is 452 g/mol. The molecule has 0 unspecified atom stereocenters. The third-order valence-electron chi connectivity index (χ3n) is 4.65. The van der Waals surface area contributed by atoms with Crippen molar-refractivity contribution in [2.45, 2.75) is 4.90 Å². The second-order valence-electron chi connectivity index (χ2n) is 6.98. The van der Waals surface area contributed by atoms with Crippen molar-refractivity contribution in [3.63, 3.8) is 0 Å². The average Bonchev–Trinajstić information content (AvgIpc) is 2.87. The number of nitrogens with one attached hydrogen (secondary N) is 2. The van der Waals surface area contributed by atoms with Crippen LogP contribution in [0.15, 0.2) is 84.3 Å². The Labute approximate surface area is 203 Å². The van der Waals surface area contributed by atoms with Gasteiger partial charge in [-0.25, -0.2) is 0 Å². The largest absolute Gasteiger partial charge is 0.497 e. The maximum atomic E-state index is 12.8. The van der Waals surface area contributed by atoms with Crippen LogP contribution >= 0.6 is 11.8 Å². The van der Waals surface area contributed by atoms with Crippen molar-refractivity contribution in [2.24, 2.45) is 0 Å². The summed E-state index contributed by atoms with van der Waals surface area (Å²) >= 11 is 1.58. The van der Waals surface area contributed by atoms with Gasteiger partial charge in [-0.3, -0.25) is 9.59 Å². The standard InChI is InChI=1S/C26H26N2O5S/c1-4-15-34-24-8-6-5-7-21(24)28-26(30)18-9-14-22(23(16-18)32-3)33-17-25(29)27-19-10-12-20(31-2)13-11-19/h4-14,16H,1,15,17H2,2-3H3,(H,27,29)(H,28,30). The molecule has 2 N–H and O–H groups in total. The highest BCUT2D eigenvalue weighted by Crippen LogP contribution is 2.30. The summed E-state index contributed by atoms with van der Waals surface area (Å²) in [6.07, 6.45) is 1.81. The molecule has 0 atom stereocenters. The van der Waals surface area contributed by atoms with Crippen LogP contribution < -0.4 is 24.8 Å². The summed E-state index contributed by atoms with van der Waals surface area (Å²) in [5.41, 5.74) is 1.74. The lowest BCUT2D eigenvalue weighted by atomic mass is 10.2. The van der Waals surface area contributed by atoms with Crippen LogP contribution in [0.2, 0.25) is 0 Å². The maximum absolute atomic E-state index is 12.8. The second-order valence-corrected chi connectivity index (χ2v) is 8.04. The molecule has 0 radical (unpaired) electrons. The minimum Gasteiger partial charge on any atom is -0.497 e. The topological polar surface area (TPSA) is 85.9 Å². The van der Waals surface area contributed by atoms with E-state index in [1.54, 1.807) is 61.3 Å². The molecule has 0 aliphatic rings. The fourth-order valence-electron chi connectivity index (χ4n) is 2.98. The predicted octanol–water partition coefficient (Wildman–Crippen LogP) is 5.25. The summed E-state index contributed by atoms with van der Waals surface area (Å²) < 4.78 is 16.1. The Morgan fingerprint density at radius 3 is 2.41 bits per heavy atom. The van der Waals surface area contributed by atoms with Crippen LogP contribution in [0.25, 0.3) is 0 Å². The quantitative estimate of drug-likeness (QED) is 0.289. The van der Waals surface area contributed by atoms with Gasteiger partial charge in [0.25, 0.3) is 11.8 Å². The minimum atomic E-state index is -0.331. The number of amides is 2. The maximum Gasteiger partial charge on any atom is 0.262 e. The highest BCUT2D eigenvalue weighted by atomic mass is 32.2. The van der Waals surface area contributed by atoms with E-state index >= 15 is 0 Å². The molecule has 3 aromatic rings. The number of thioether (sulfide) groups is 1. The van der Waals surface area contributed by atoms with E-state index in [-0.39, 0.29) is 18.4 Å². The third kappa shape index (κ3) is 6.79. The van der Waals surface area contributed by atoms with Gasteiger partial charge < -0.3 is 24.8 Å². The number of methoxy groups -OCH3 is 2. The van der Waals surface area contributed by atoms with Gasteiger partial charge in [0.05, 0.1) is 19.9 Å². The Hall–Kier alpha value is -3.91. The first-order valence-corrected chi connectivity index (χ1v) is 11.4. The molecule has 0 fully saturated rings. The summed E-state index contributed by atoms with van der Waals surface area (Å²) in [6.45, 7) is 3.51.